The number of benzene rings is 1. The van der Waals surface area contributed by atoms with Crippen LogP contribution in [0, 0.1) is 5.82 Å². The van der Waals surface area contributed by atoms with Crippen LogP contribution in [0.2, 0.25) is 0 Å². The van der Waals surface area contributed by atoms with Gasteiger partial charge in [0, 0.05) is 25.0 Å². The second-order valence-corrected chi connectivity index (χ2v) is 4.61. The van der Waals surface area contributed by atoms with E-state index in [1.165, 1.54) is 6.07 Å². The molecule has 2 unspecified atom stereocenters. The van der Waals surface area contributed by atoms with Crippen molar-refractivity contribution in [3.05, 3.63) is 35.6 Å². The lowest BCUT2D eigenvalue weighted by atomic mass is 10.1. The number of carbonyl (C=O) groups excluding carboxylic acids is 1. The highest BCUT2D eigenvalue weighted by Crippen LogP contribution is 2.08. The first-order valence-corrected chi connectivity index (χ1v) is 5.90. The highest BCUT2D eigenvalue weighted by atomic mass is 19.1. The summed E-state index contributed by atoms with van der Waals surface area (Å²) in [5.41, 5.74) is 0.974. The Labute approximate surface area is 100 Å². The molecule has 2 rings (SSSR count). The van der Waals surface area contributed by atoms with E-state index >= 15 is 0 Å². The largest absolute Gasteiger partial charge is 0.354 e. The van der Waals surface area contributed by atoms with Gasteiger partial charge in [-0.3, -0.25) is 4.79 Å². The fourth-order valence-electron chi connectivity index (χ4n) is 2.20. The Morgan fingerprint density at radius 2 is 2.41 bits per heavy atom. The number of hydrogen-bond acceptors (Lipinski definition) is 2. The van der Waals surface area contributed by atoms with Crippen LogP contribution in [0.1, 0.15) is 18.9 Å². The quantitative estimate of drug-likeness (QED) is 0.825. The summed E-state index contributed by atoms with van der Waals surface area (Å²) >= 11 is 0. The maximum absolute atomic E-state index is 13.0. The van der Waals surface area contributed by atoms with Gasteiger partial charge in [0.2, 0.25) is 5.91 Å². The molecule has 1 aromatic rings. The number of carbonyl (C=O) groups is 1. The van der Waals surface area contributed by atoms with Crippen LogP contribution in [0.4, 0.5) is 4.39 Å². The highest BCUT2D eigenvalue weighted by Gasteiger charge is 2.22. The van der Waals surface area contributed by atoms with Crippen LogP contribution in [0.3, 0.4) is 0 Å². The van der Waals surface area contributed by atoms with Crippen LogP contribution < -0.4 is 10.6 Å². The molecule has 0 bridgehead atoms. The van der Waals surface area contributed by atoms with Crippen LogP contribution in [-0.2, 0) is 11.2 Å². The second-order valence-electron chi connectivity index (χ2n) is 4.61. The molecule has 1 fully saturated rings. The number of amides is 1. The van der Waals surface area contributed by atoms with E-state index in [9.17, 15) is 9.18 Å². The molecule has 1 heterocycles. The lowest BCUT2D eigenvalue weighted by molar-refractivity contribution is -0.119. The fourth-order valence-corrected chi connectivity index (χ4v) is 2.20. The third-order valence-corrected chi connectivity index (χ3v) is 2.93. The molecule has 0 spiro atoms. The van der Waals surface area contributed by atoms with E-state index in [1.54, 1.807) is 12.1 Å². The molecule has 1 saturated heterocycles. The fraction of sp³-hybridized carbons (Fsp3) is 0.462. The van der Waals surface area contributed by atoms with Crippen molar-refractivity contribution in [1.82, 2.24) is 10.6 Å². The van der Waals surface area contributed by atoms with Gasteiger partial charge < -0.3 is 10.6 Å². The molecule has 0 aliphatic carbocycles. The zero-order valence-electron chi connectivity index (χ0n) is 9.87. The van der Waals surface area contributed by atoms with Crippen LogP contribution >= 0.6 is 0 Å². The first-order valence-electron chi connectivity index (χ1n) is 5.90. The van der Waals surface area contributed by atoms with E-state index in [1.807, 2.05) is 13.0 Å². The molecular formula is C13H17FN2O. The molecule has 1 aliphatic rings. The van der Waals surface area contributed by atoms with Crippen molar-refractivity contribution in [2.75, 3.05) is 6.54 Å². The van der Waals surface area contributed by atoms with Crippen molar-refractivity contribution in [2.45, 2.75) is 31.8 Å². The smallest absolute Gasteiger partial charge is 0.221 e. The van der Waals surface area contributed by atoms with Gasteiger partial charge in [-0.2, -0.15) is 0 Å². The van der Waals surface area contributed by atoms with Crippen molar-refractivity contribution in [2.24, 2.45) is 0 Å². The monoisotopic (exact) mass is 236 g/mol. The minimum atomic E-state index is -0.201. The van der Waals surface area contributed by atoms with E-state index in [0.29, 0.717) is 13.0 Å². The summed E-state index contributed by atoms with van der Waals surface area (Å²) in [5.74, 6) is -0.104. The molecule has 0 radical (unpaired) electrons. The van der Waals surface area contributed by atoms with E-state index in [2.05, 4.69) is 10.6 Å². The maximum Gasteiger partial charge on any atom is 0.221 e. The van der Waals surface area contributed by atoms with Crippen molar-refractivity contribution >= 4 is 5.91 Å². The van der Waals surface area contributed by atoms with E-state index in [-0.39, 0.29) is 23.8 Å². The Hall–Kier alpha value is -1.42. The Bertz CT molecular complexity index is 408. The lowest BCUT2D eigenvalue weighted by Crippen LogP contribution is -2.39. The summed E-state index contributed by atoms with van der Waals surface area (Å²) in [4.78, 5) is 11.0. The van der Waals surface area contributed by atoms with Gasteiger partial charge in [-0.15, -0.1) is 0 Å². The third kappa shape index (κ3) is 3.53. The van der Waals surface area contributed by atoms with Crippen LogP contribution in [0.25, 0.3) is 0 Å². The molecule has 0 saturated carbocycles. The van der Waals surface area contributed by atoms with Crippen molar-refractivity contribution in [1.29, 1.82) is 0 Å². The van der Waals surface area contributed by atoms with Gasteiger partial charge in [0.15, 0.2) is 0 Å². The molecule has 3 nitrogen and oxygen atoms in total. The molecule has 2 atom stereocenters. The molecule has 4 heteroatoms. The van der Waals surface area contributed by atoms with Gasteiger partial charge in [-0.05, 0) is 31.0 Å². The summed E-state index contributed by atoms with van der Waals surface area (Å²) in [7, 11) is 0. The summed E-state index contributed by atoms with van der Waals surface area (Å²) in [6.07, 6.45) is 1.30. The molecule has 1 amide bonds. The van der Waals surface area contributed by atoms with E-state index in [4.69, 9.17) is 0 Å². The summed E-state index contributed by atoms with van der Waals surface area (Å²) in [6.45, 7) is 2.74. The summed E-state index contributed by atoms with van der Waals surface area (Å²) in [6, 6.07) is 7.06. The van der Waals surface area contributed by atoms with Gasteiger partial charge >= 0.3 is 0 Å². The molecule has 0 aromatic heterocycles. The van der Waals surface area contributed by atoms with Gasteiger partial charge in [0.1, 0.15) is 5.82 Å². The maximum atomic E-state index is 13.0. The first kappa shape index (κ1) is 12.0. The van der Waals surface area contributed by atoms with Crippen LogP contribution in [-0.4, -0.2) is 24.5 Å². The molecule has 92 valence electrons. The Morgan fingerprint density at radius 3 is 3.06 bits per heavy atom. The second kappa shape index (κ2) is 5.27. The van der Waals surface area contributed by atoms with Crippen LogP contribution in [0.5, 0.6) is 0 Å². The topological polar surface area (TPSA) is 41.1 Å². The standard InChI is InChI=1S/C13H17FN2O/c1-9(16-12-7-13(17)15-8-12)5-10-3-2-4-11(14)6-10/h2-4,6,9,12,16H,5,7-8H2,1H3,(H,15,17). The SMILES string of the molecule is CC(Cc1cccc(F)c1)NC1CNC(=O)C1. The number of halogens is 1. The molecule has 1 aromatic carbocycles. The molecule has 17 heavy (non-hydrogen) atoms. The molecule has 1 aliphatic heterocycles. The summed E-state index contributed by atoms with van der Waals surface area (Å²) in [5, 5.41) is 6.16. The first-order chi connectivity index (χ1) is 8.13. The Morgan fingerprint density at radius 1 is 1.59 bits per heavy atom. The molecular weight excluding hydrogens is 219 g/mol. The van der Waals surface area contributed by atoms with Gasteiger partial charge in [-0.25, -0.2) is 4.39 Å². The predicted octanol–water partition coefficient (Wildman–Crippen LogP) is 1.23. The number of rotatable bonds is 4. The minimum absolute atomic E-state index is 0.0976. The third-order valence-electron chi connectivity index (χ3n) is 2.93. The molecule has 2 N–H and O–H groups in total. The Kier molecular flexibility index (Phi) is 3.74. The lowest BCUT2D eigenvalue weighted by Gasteiger charge is -2.18. The van der Waals surface area contributed by atoms with E-state index < -0.39 is 0 Å². The Balaban J connectivity index is 1.84. The van der Waals surface area contributed by atoms with Crippen molar-refractivity contribution in [3.63, 3.8) is 0 Å². The average molecular weight is 236 g/mol. The number of hydrogen-bond donors (Lipinski definition) is 2. The van der Waals surface area contributed by atoms with Gasteiger partial charge in [-0.1, -0.05) is 12.1 Å². The zero-order valence-corrected chi connectivity index (χ0v) is 9.87. The number of nitrogens with one attached hydrogen (secondary N) is 2. The average Bonchev–Trinajstić information content (AvgIpc) is 2.63. The van der Waals surface area contributed by atoms with Crippen molar-refractivity contribution in [3.8, 4) is 0 Å². The minimum Gasteiger partial charge on any atom is -0.354 e. The normalized spacial score (nSPS) is 21.3. The zero-order chi connectivity index (χ0) is 12.3. The predicted molar refractivity (Wildman–Crippen MR) is 64.1 cm³/mol. The van der Waals surface area contributed by atoms with Gasteiger partial charge in [0.25, 0.3) is 0 Å². The van der Waals surface area contributed by atoms with Gasteiger partial charge in [0.05, 0.1) is 0 Å². The summed E-state index contributed by atoms with van der Waals surface area (Å²) < 4.78 is 13.0. The van der Waals surface area contributed by atoms with Crippen molar-refractivity contribution < 1.29 is 9.18 Å². The van der Waals surface area contributed by atoms with Crippen LogP contribution in [0.15, 0.2) is 24.3 Å². The highest BCUT2D eigenvalue weighted by molar-refractivity contribution is 5.78. The van der Waals surface area contributed by atoms with E-state index in [0.717, 1.165) is 12.0 Å².